The molecule has 1 aliphatic rings. The van der Waals surface area contributed by atoms with Crippen LogP contribution >= 0.6 is 0 Å². The van der Waals surface area contributed by atoms with E-state index in [1.54, 1.807) is 4.68 Å². The van der Waals surface area contributed by atoms with Crippen LogP contribution in [0.5, 0.6) is 0 Å². The van der Waals surface area contributed by atoms with E-state index in [0.29, 0.717) is 6.04 Å². The second-order valence-electron chi connectivity index (χ2n) is 4.68. The maximum Gasteiger partial charge on any atom is 0.153 e. The van der Waals surface area contributed by atoms with Crippen molar-refractivity contribution < 1.29 is 0 Å². The molecule has 3 rings (SSSR count). The van der Waals surface area contributed by atoms with E-state index in [1.807, 2.05) is 25.1 Å². The van der Waals surface area contributed by atoms with Gasteiger partial charge in [0.1, 0.15) is 0 Å². The van der Waals surface area contributed by atoms with Gasteiger partial charge in [-0.25, -0.2) is 0 Å². The second kappa shape index (κ2) is 4.29. The summed E-state index contributed by atoms with van der Waals surface area (Å²) in [7, 11) is 0. The second-order valence-corrected chi connectivity index (χ2v) is 4.68. The van der Waals surface area contributed by atoms with E-state index in [-0.39, 0.29) is 0 Å². The molecule has 1 aromatic carbocycles. The minimum atomic E-state index is 0.553. The van der Waals surface area contributed by atoms with E-state index in [2.05, 4.69) is 20.8 Å². The molecule has 0 radical (unpaired) electrons. The number of nitrogen functional groups attached to an aromatic ring is 1. The van der Waals surface area contributed by atoms with E-state index in [1.165, 1.54) is 19.3 Å². The molecule has 1 heterocycles. The number of nitrogens with two attached hydrogens (primary N) is 1. The molecule has 2 aromatic rings. The smallest absolute Gasteiger partial charge is 0.153 e. The number of rotatable bonds is 3. The first-order chi connectivity index (χ1) is 8.74. The van der Waals surface area contributed by atoms with E-state index in [0.717, 1.165) is 22.9 Å². The molecule has 3 N–H and O–H groups in total. The molecule has 6 nitrogen and oxygen atoms in total. The zero-order valence-corrected chi connectivity index (χ0v) is 10.3. The van der Waals surface area contributed by atoms with Crippen LogP contribution in [0.3, 0.4) is 0 Å². The Morgan fingerprint density at radius 3 is 2.83 bits per heavy atom. The van der Waals surface area contributed by atoms with Gasteiger partial charge in [-0.15, -0.1) is 5.10 Å². The Morgan fingerprint density at radius 2 is 2.22 bits per heavy atom. The average Bonchev–Trinajstić information content (AvgIpc) is 2.72. The van der Waals surface area contributed by atoms with Crippen LogP contribution in [0.15, 0.2) is 18.2 Å². The SMILES string of the molecule is Cc1nnnn1-c1ccc(N)c(NC2CCC2)c1. The zero-order valence-electron chi connectivity index (χ0n) is 10.3. The first-order valence-electron chi connectivity index (χ1n) is 6.15. The van der Waals surface area contributed by atoms with E-state index in [9.17, 15) is 0 Å². The van der Waals surface area contributed by atoms with E-state index in [4.69, 9.17) is 5.73 Å². The summed E-state index contributed by atoms with van der Waals surface area (Å²) in [5.41, 5.74) is 8.63. The lowest BCUT2D eigenvalue weighted by molar-refractivity contribution is 0.446. The lowest BCUT2D eigenvalue weighted by Crippen LogP contribution is -2.27. The standard InChI is InChI=1S/C12H16N6/c1-8-15-16-17-18(8)10-5-6-11(13)12(7-10)14-9-3-2-4-9/h5-7,9,14H,2-4,13H2,1H3. The van der Waals surface area contributed by atoms with Crippen LogP contribution in [0, 0.1) is 6.92 Å². The molecule has 1 aromatic heterocycles. The molecule has 1 saturated carbocycles. The molecule has 0 aliphatic heterocycles. The lowest BCUT2D eigenvalue weighted by atomic mass is 9.93. The lowest BCUT2D eigenvalue weighted by Gasteiger charge is -2.28. The molecule has 0 saturated heterocycles. The van der Waals surface area contributed by atoms with Gasteiger partial charge in [0.15, 0.2) is 5.82 Å². The number of anilines is 2. The first kappa shape index (κ1) is 11.0. The summed E-state index contributed by atoms with van der Waals surface area (Å²) in [4.78, 5) is 0. The van der Waals surface area contributed by atoms with Crippen molar-refractivity contribution in [1.29, 1.82) is 0 Å². The average molecular weight is 244 g/mol. The van der Waals surface area contributed by atoms with Crippen molar-refractivity contribution in [2.75, 3.05) is 11.1 Å². The van der Waals surface area contributed by atoms with Gasteiger partial charge >= 0.3 is 0 Å². The van der Waals surface area contributed by atoms with Crippen molar-refractivity contribution in [3.8, 4) is 5.69 Å². The number of tetrazole rings is 1. The normalized spacial score (nSPS) is 15.4. The number of benzene rings is 1. The van der Waals surface area contributed by atoms with E-state index >= 15 is 0 Å². The number of hydrogen-bond donors (Lipinski definition) is 2. The largest absolute Gasteiger partial charge is 0.397 e. The van der Waals surface area contributed by atoms with E-state index < -0.39 is 0 Å². The maximum atomic E-state index is 5.98. The molecule has 0 amide bonds. The summed E-state index contributed by atoms with van der Waals surface area (Å²) < 4.78 is 1.70. The Morgan fingerprint density at radius 1 is 1.39 bits per heavy atom. The van der Waals surface area contributed by atoms with Crippen LogP contribution in [0.4, 0.5) is 11.4 Å². The molecule has 0 bridgehead atoms. The third-order valence-electron chi connectivity index (χ3n) is 3.37. The van der Waals surface area contributed by atoms with Gasteiger partial charge in [0.2, 0.25) is 0 Å². The number of aromatic nitrogens is 4. The highest BCUT2D eigenvalue weighted by molar-refractivity contribution is 5.69. The van der Waals surface area contributed by atoms with Crippen molar-refractivity contribution in [3.05, 3.63) is 24.0 Å². The van der Waals surface area contributed by atoms with Gasteiger partial charge in [-0.3, -0.25) is 0 Å². The highest BCUT2D eigenvalue weighted by Gasteiger charge is 2.18. The summed E-state index contributed by atoms with van der Waals surface area (Å²) in [5, 5.41) is 15.0. The fourth-order valence-electron chi connectivity index (χ4n) is 2.04. The Kier molecular flexibility index (Phi) is 2.62. The van der Waals surface area contributed by atoms with Crippen molar-refractivity contribution in [2.24, 2.45) is 0 Å². The Labute approximate surface area is 105 Å². The van der Waals surface area contributed by atoms with Crippen molar-refractivity contribution in [3.63, 3.8) is 0 Å². The van der Waals surface area contributed by atoms with Crippen molar-refractivity contribution >= 4 is 11.4 Å². The minimum Gasteiger partial charge on any atom is -0.397 e. The third-order valence-corrected chi connectivity index (χ3v) is 3.37. The molecular formula is C12H16N6. The molecular weight excluding hydrogens is 228 g/mol. The molecule has 1 fully saturated rings. The van der Waals surface area contributed by atoms with Crippen LogP contribution in [0.1, 0.15) is 25.1 Å². The Balaban J connectivity index is 1.92. The fourth-order valence-corrected chi connectivity index (χ4v) is 2.04. The highest BCUT2D eigenvalue weighted by atomic mass is 15.5. The number of nitrogens with one attached hydrogen (secondary N) is 1. The number of nitrogens with zero attached hydrogens (tertiary/aromatic N) is 4. The number of aryl methyl sites for hydroxylation is 1. The minimum absolute atomic E-state index is 0.553. The van der Waals surface area contributed by atoms with Gasteiger partial charge < -0.3 is 11.1 Å². The van der Waals surface area contributed by atoms with Crippen molar-refractivity contribution in [2.45, 2.75) is 32.2 Å². The summed E-state index contributed by atoms with van der Waals surface area (Å²) in [6.07, 6.45) is 3.73. The summed E-state index contributed by atoms with van der Waals surface area (Å²) in [5.74, 6) is 0.759. The molecule has 94 valence electrons. The fraction of sp³-hybridized carbons (Fsp3) is 0.417. The predicted molar refractivity (Wildman–Crippen MR) is 69.6 cm³/mol. The Hall–Kier alpha value is -2.11. The van der Waals surface area contributed by atoms with Crippen molar-refractivity contribution in [1.82, 2.24) is 20.2 Å². The monoisotopic (exact) mass is 244 g/mol. The van der Waals surface area contributed by atoms with Gasteiger partial charge in [-0.1, -0.05) is 0 Å². The van der Waals surface area contributed by atoms with Crippen LogP contribution in [0.25, 0.3) is 5.69 Å². The van der Waals surface area contributed by atoms with Gasteiger partial charge in [-0.05, 0) is 54.8 Å². The number of hydrogen-bond acceptors (Lipinski definition) is 5. The molecule has 1 aliphatic carbocycles. The summed E-state index contributed by atoms with van der Waals surface area (Å²) in [6, 6.07) is 6.36. The zero-order chi connectivity index (χ0) is 12.5. The molecule has 0 spiro atoms. The molecule has 0 unspecified atom stereocenters. The van der Waals surface area contributed by atoms with Crippen LogP contribution < -0.4 is 11.1 Å². The van der Waals surface area contributed by atoms with Crippen LogP contribution in [-0.2, 0) is 0 Å². The van der Waals surface area contributed by atoms with Gasteiger partial charge in [0, 0.05) is 6.04 Å². The van der Waals surface area contributed by atoms with Gasteiger partial charge in [0.05, 0.1) is 17.1 Å². The van der Waals surface area contributed by atoms with Crippen LogP contribution in [0.2, 0.25) is 0 Å². The summed E-state index contributed by atoms with van der Waals surface area (Å²) >= 11 is 0. The maximum absolute atomic E-state index is 5.98. The first-order valence-corrected chi connectivity index (χ1v) is 6.15. The molecule has 0 atom stereocenters. The third kappa shape index (κ3) is 1.90. The highest BCUT2D eigenvalue weighted by Crippen LogP contribution is 2.28. The van der Waals surface area contributed by atoms with Gasteiger partial charge in [-0.2, -0.15) is 4.68 Å². The summed E-state index contributed by atoms with van der Waals surface area (Å²) in [6.45, 7) is 1.87. The van der Waals surface area contributed by atoms with Gasteiger partial charge in [0.25, 0.3) is 0 Å². The molecule has 6 heteroatoms. The Bertz CT molecular complexity index is 557. The topological polar surface area (TPSA) is 81.7 Å². The van der Waals surface area contributed by atoms with Crippen LogP contribution in [-0.4, -0.2) is 26.2 Å². The quantitative estimate of drug-likeness (QED) is 0.800. The molecule has 18 heavy (non-hydrogen) atoms. The predicted octanol–water partition coefficient (Wildman–Crippen LogP) is 1.52.